The number of halogens is 11. The van der Waals surface area contributed by atoms with Gasteiger partial charge in [0.2, 0.25) is 0 Å². The van der Waals surface area contributed by atoms with Crippen LogP contribution in [0.3, 0.4) is 0 Å². The molecule has 11 heteroatoms. The molecule has 97 valence electrons. The van der Waals surface area contributed by atoms with Crippen LogP contribution in [0.15, 0.2) is 0 Å². The van der Waals surface area contributed by atoms with Gasteiger partial charge in [-0.25, -0.2) is 4.39 Å². The van der Waals surface area contributed by atoms with Gasteiger partial charge in [0.1, 0.15) is 0 Å². The summed E-state index contributed by atoms with van der Waals surface area (Å²) in [5, 5.41) is 0. The molecule has 0 saturated heterocycles. The van der Waals surface area contributed by atoms with Gasteiger partial charge in [-0.2, -0.15) is 43.9 Å². The molecule has 0 aromatic rings. The summed E-state index contributed by atoms with van der Waals surface area (Å²) in [6.07, 6.45) is -18.3. The molecule has 0 aliphatic carbocycles. The Morgan fingerprint density at radius 2 is 0.938 bits per heavy atom. The van der Waals surface area contributed by atoms with Crippen LogP contribution in [0.4, 0.5) is 48.3 Å². The second-order valence-corrected chi connectivity index (χ2v) is 2.46. The molecule has 0 nitrogen and oxygen atoms in total. The molecule has 0 unspecified atom stereocenters. The smallest absolute Gasteiger partial charge is 0.222 e. The van der Waals surface area contributed by atoms with E-state index < -0.39 is 30.4 Å². The Bertz CT molecular complexity index is 244. The number of hydrogen-bond donors (Lipinski definition) is 0. The third-order valence-corrected chi connectivity index (χ3v) is 1.27. The minimum Gasteiger partial charge on any atom is -0.222 e. The van der Waals surface area contributed by atoms with Gasteiger partial charge in [0.25, 0.3) is 0 Å². The highest BCUT2D eigenvalue weighted by molar-refractivity contribution is 5.09. The summed E-state index contributed by atoms with van der Waals surface area (Å²) in [4.78, 5) is 0. The molecule has 16 heavy (non-hydrogen) atoms. The van der Waals surface area contributed by atoms with Crippen LogP contribution < -0.4 is 0 Å². The van der Waals surface area contributed by atoms with E-state index in [2.05, 4.69) is 0 Å². The highest BCUT2D eigenvalue weighted by Gasteiger charge is 2.80. The van der Waals surface area contributed by atoms with Crippen LogP contribution in [0.5, 0.6) is 0 Å². The fourth-order valence-corrected chi connectivity index (χ4v) is 0.494. The molecule has 0 aromatic heterocycles. The Hall–Kier alpha value is -0.770. The molecule has 0 amide bonds. The maximum Gasteiger partial charge on any atom is 0.460 e. The van der Waals surface area contributed by atoms with Gasteiger partial charge >= 0.3 is 30.4 Å². The van der Waals surface area contributed by atoms with E-state index in [1.807, 2.05) is 0 Å². The van der Waals surface area contributed by atoms with Crippen LogP contribution in [0.2, 0.25) is 0 Å². The Labute approximate surface area is 80.0 Å². The van der Waals surface area contributed by atoms with Crippen LogP contribution in [0, 0.1) is 6.17 Å². The average Bonchev–Trinajstić information content (AvgIpc) is 1.98. The molecule has 0 aliphatic heterocycles. The normalized spacial score (nSPS) is 15.8. The molecule has 0 saturated carbocycles. The molecule has 0 fully saturated rings. The van der Waals surface area contributed by atoms with Crippen molar-refractivity contribution in [1.29, 1.82) is 0 Å². The van der Waals surface area contributed by atoms with Crippen molar-refractivity contribution in [2.45, 2.75) is 24.2 Å². The van der Waals surface area contributed by atoms with Crippen molar-refractivity contribution in [2.75, 3.05) is 0 Å². The third kappa shape index (κ3) is 2.32. The molecule has 0 aliphatic rings. The fraction of sp³-hybridized carbons (Fsp3) is 0.800. The first-order valence-electron chi connectivity index (χ1n) is 3.08. The molecular weight excluding hydrogens is 269 g/mol. The highest BCUT2D eigenvalue weighted by Crippen LogP contribution is 2.54. The molecular formula is C5F11. The third-order valence-electron chi connectivity index (χ3n) is 1.27. The summed E-state index contributed by atoms with van der Waals surface area (Å²) < 4.78 is 127. The summed E-state index contributed by atoms with van der Waals surface area (Å²) in [5.74, 6) is -14.2. The van der Waals surface area contributed by atoms with E-state index in [0.717, 1.165) is 0 Å². The van der Waals surface area contributed by atoms with Gasteiger partial charge in [-0.05, 0) is 0 Å². The molecule has 0 N–H and O–H groups in total. The maximum atomic E-state index is 12.0. The van der Waals surface area contributed by atoms with Gasteiger partial charge in [-0.3, -0.25) is 0 Å². The predicted molar refractivity (Wildman–Crippen MR) is 26.4 cm³/mol. The Balaban J connectivity index is 5.37. The zero-order valence-electron chi connectivity index (χ0n) is 6.66. The number of rotatable bonds is 2. The van der Waals surface area contributed by atoms with Crippen molar-refractivity contribution >= 4 is 0 Å². The fourth-order valence-electron chi connectivity index (χ4n) is 0.494. The lowest BCUT2D eigenvalue weighted by atomic mass is 10.1. The van der Waals surface area contributed by atoms with E-state index in [9.17, 15) is 48.3 Å². The topological polar surface area (TPSA) is 0 Å². The van der Waals surface area contributed by atoms with E-state index in [1.165, 1.54) is 0 Å². The van der Waals surface area contributed by atoms with Gasteiger partial charge in [0, 0.05) is 0 Å². The van der Waals surface area contributed by atoms with E-state index >= 15 is 0 Å². The second kappa shape index (κ2) is 3.62. The molecule has 0 atom stereocenters. The minimum atomic E-state index is -7.15. The van der Waals surface area contributed by atoms with Crippen molar-refractivity contribution in [3.05, 3.63) is 6.17 Å². The first-order valence-corrected chi connectivity index (χ1v) is 3.08. The van der Waals surface area contributed by atoms with Crippen LogP contribution in [-0.2, 0) is 0 Å². The minimum absolute atomic E-state index is 4.71. The van der Waals surface area contributed by atoms with Crippen LogP contribution >= 0.6 is 0 Å². The zero-order chi connectivity index (χ0) is 13.6. The number of hydrogen-bond acceptors (Lipinski definition) is 0. The quantitative estimate of drug-likeness (QED) is 0.667. The molecule has 0 heterocycles. The molecule has 0 bridgehead atoms. The number of alkyl halides is 10. The Morgan fingerprint density at radius 1 is 0.625 bits per heavy atom. The summed E-state index contributed by atoms with van der Waals surface area (Å²) in [7, 11) is 0. The summed E-state index contributed by atoms with van der Waals surface area (Å²) in [6, 6.07) is 0. The average molecular weight is 269 g/mol. The van der Waals surface area contributed by atoms with Crippen LogP contribution in [0.25, 0.3) is 0 Å². The molecule has 1 radical (unpaired) electrons. The molecule has 0 aromatic carbocycles. The largest absolute Gasteiger partial charge is 0.460 e. The van der Waals surface area contributed by atoms with Gasteiger partial charge in [-0.1, -0.05) is 0 Å². The van der Waals surface area contributed by atoms with E-state index in [0.29, 0.717) is 0 Å². The van der Waals surface area contributed by atoms with Gasteiger partial charge in [-0.15, -0.1) is 0 Å². The SMILES string of the molecule is F[C](C(F)(F)F)C(F)(F)C(F)(F)C(F)(F)F. The van der Waals surface area contributed by atoms with Gasteiger partial charge < -0.3 is 0 Å². The Morgan fingerprint density at radius 3 is 1.12 bits per heavy atom. The van der Waals surface area contributed by atoms with Crippen molar-refractivity contribution in [3.8, 4) is 0 Å². The lowest BCUT2D eigenvalue weighted by molar-refractivity contribution is -0.366. The van der Waals surface area contributed by atoms with Crippen molar-refractivity contribution in [3.63, 3.8) is 0 Å². The van der Waals surface area contributed by atoms with Gasteiger partial charge in [0.15, 0.2) is 0 Å². The van der Waals surface area contributed by atoms with Crippen molar-refractivity contribution in [1.82, 2.24) is 0 Å². The molecule has 0 rings (SSSR count). The summed E-state index contributed by atoms with van der Waals surface area (Å²) in [6.45, 7) is 0. The highest BCUT2D eigenvalue weighted by atomic mass is 19.4. The van der Waals surface area contributed by atoms with E-state index in [-0.39, 0.29) is 0 Å². The lowest BCUT2D eigenvalue weighted by Gasteiger charge is -2.30. The Kier molecular flexibility index (Phi) is 3.45. The lowest BCUT2D eigenvalue weighted by Crippen LogP contribution is -2.56. The second-order valence-electron chi connectivity index (χ2n) is 2.46. The monoisotopic (exact) mass is 269 g/mol. The first-order chi connectivity index (χ1) is 6.65. The standard InChI is InChI=1S/C5F11/c6-1(3(9,10)11)2(7,8)4(12,13)5(14,15)16. The van der Waals surface area contributed by atoms with Crippen LogP contribution in [0.1, 0.15) is 0 Å². The van der Waals surface area contributed by atoms with Crippen molar-refractivity contribution in [2.24, 2.45) is 0 Å². The first kappa shape index (κ1) is 15.2. The zero-order valence-corrected chi connectivity index (χ0v) is 6.66. The summed E-state index contributed by atoms with van der Waals surface area (Å²) >= 11 is 0. The predicted octanol–water partition coefficient (Wildman–Crippen LogP) is 3.88. The maximum absolute atomic E-state index is 12.0. The van der Waals surface area contributed by atoms with E-state index in [4.69, 9.17) is 0 Å². The van der Waals surface area contributed by atoms with Crippen LogP contribution in [-0.4, -0.2) is 24.2 Å². The van der Waals surface area contributed by atoms with Crippen molar-refractivity contribution < 1.29 is 48.3 Å². The summed E-state index contributed by atoms with van der Waals surface area (Å²) in [5.41, 5.74) is 0. The van der Waals surface area contributed by atoms with Gasteiger partial charge in [0.05, 0.1) is 0 Å². The van der Waals surface area contributed by atoms with E-state index in [1.54, 1.807) is 0 Å². The molecule has 0 spiro atoms.